The second-order valence-corrected chi connectivity index (χ2v) is 7.97. The van der Waals surface area contributed by atoms with Gasteiger partial charge in [0, 0.05) is 36.1 Å². The average molecular weight is 364 g/mol. The number of nitrogens with one attached hydrogen (secondary N) is 1. The fourth-order valence-corrected chi connectivity index (χ4v) is 3.06. The molecule has 0 unspecified atom stereocenters. The number of fused-ring (bicyclic) bond motifs is 1. The first-order chi connectivity index (χ1) is 12.8. The minimum atomic E-state index is -0.364. The van der Waals surface area contributed by atoms with Gasteiger partial charge < -0.3 is 14.6 Å². The smallest absolute Gasteiger partial charge is 0.225 e. The van der Waals surface area contributed by atoms with Gasteiger partial charge >= 0.3 is 0 Å². The molecule has 0 radical (unpaired) electrons. The van der Waals surface area contributed by atoms with Crippen LogP contribution in [0.2, 0.25) is 0 Å². The van der Waals surface area contributed by atoms with Gasteiger partial charge in [-0.15, -0.1) is 0 Å². The topological polar surface area (TPSA) is 43.3 Å². The lowest BCUT2D eigenvalue weighted by molar-refractivity contribution is -0.128. The summed E-state index contributed by atoms with van der Waals surface area (Å²) in [7, 11) is 2.05. The highest BCUT2D eigenvalue weighted by molar-refractivity contribution is 5.85. The standard InChI is InChI=1S/C23H28N2O2/c1-23(2,3)22(26)24-13-12-18-15-25(4)21-11-10-19(14-20(18)21)27-16-17-8-6-5-7-9-17/h5-11,14-15H,12-13,16H2,1-4H3,(H,24,26). The SMILES string of the molecule is Cn1cc(CCNC(=O)C(C)(C)C)c2cc(OCc3ccccc3)ccc21. The molecule has 0 atom stereocenters. The van der Waals surface area contributed by atoms with Crippen molar-refractivity contribution in [3.8, 4) is 5.75 Å². The first-order valence-corrected chi connectivity index (χ1v) is 9.37. The number of ether oxygens (including phenoxy) is 1. The first-order valence-electron chi connectivity index (χ1n) is 9.37. The van der Waals surface area contributed by atoms with Gasteiger partial charge in [-0.05, 0) is 35.7 Å². The molecule has 142 valence electrons. The Morgan fingerprint density at radius 1 is 1.11 bits per heavy atom. The molecule has 0 aliphatic rings. The molecule has 0 aliphatic heterocycles. The molecule has 0 bridgehead atoms. The van der Waals surface area contributed by atoms with Crippen LogP contribution in [-0.2, 0) is 24.9 Å². The average Bonchev–Trinajstić information content (AvgIpc) is 2.95. The zero-order valence-corrected chi connectivity index (χ0v) is 16.6. The summed E-state index contributed by atoms with van der Waals surface area (Å²) >= 11 is 0. The van der Waals surface area contributed by atoms with Gasteiger partial charge in [-0.1, -0.05) is 51.1 Å². The Labute approximate surface area is 161 Å². The summed E-state index contributed by atoms with van der Waals surface area (Å²) in [4.78, 5) is 12.1. The van der Waals surface area contributed by atoms with Crippen molar-refractivity contribution in [3.63, 3.8) is 0 Å². The van der Waals surface area contributed by atoms with Crippen LogP contribution < -0.4 is 10.1 Å². The van der Waals surface area contributed by atoms with Gasteiger partial charge in [0.05, 0.1) is 0 Å². The minimum absolute atomic E-state index is 0.0784. The molecule has 4 nitrogen and oxygen atoms in total. The van der Waals surface area contributed by atoms with E-state index in [9.17, 15) is 4.79 Å². The molecule has 1 heterocycles. The monoisotopic (exact) mass is 364 g/mol. The summed E-state index contributed by atoms with van der Waals surface area (Å²) in [5.41, 5.74) is 3.17. The summed E-state index contributed by atoms with van der Waals surface area (Å²) in [6.45, 7) is 6.96. The van der Waals surface area contributed by atoms with Crippen LogP contribution in [0, 0.1) is 5.41 Å². The van der Waals surface area contributed by atoms with E-state index in [4.69, 9.17) is 4.74 Å². The fraction of sp³-hybridized carbons (Fsp3) is 0.348. The molecule has 3 aromatic rings. The molecular weight excluding hydrogens is 336 g/mol. The Kier molecular flexibility index (Phi) is 5.54. The number of hydrogen-bond acceptors (Lipinski definition) is 2. The lowest BCUT2D eigenvalue weighted by atomic mass is 9.95. The minimum Gasteiger partial charge on any atom is -0.489 e. The number of rotatable bonds is 6. The van der Waals surface area contributed by atoms with E-state index in [1.807, 2.05) is 52.1 Å². The van der Waals surface area contributed by atoms with E-state index < -0.39 is 0 Å². The molecular formula is C23H28N2O2. The van der Waals surface area contributed by atoms with Gasteiger partial charge in [-0.3, -0.25) is 4.79 Å². The van der Waals surface area contributed by atoms with Crippen LogP contribution in [0.3, 0.4) is 0 Å². The number of nitrogens with zero attached hydrogens (tertiary/aromatic N) is 1. The highest BCUT2D eigenvalue weighted by atomic mass is 16.5. The van der Waals surface area contributed by atoms with Gasteiger partial charge in [-0.25, -0.2) is 0 Å². The van der Waals surface area contributed by atoms with Crippen molar-refractivity contribution in [1.29, 1.82) is 0 Å². The second-order valence-electron chi connectivity index (χ2n) is 7.97. The Bertz CT molecular complexity index is 921. The third kappa shape index (κ3) is 4.70. The molecule has 27 heavy (non-hydrogen) atoms. The molecule has 1 N–H and O–H groups in total. The molecule has 0 fully saturated rings. The van der Waals surface area contributed by atoms with Crippen LogP contribution in [-0.4, -0.2) is 17.0 Å². The summed E-state index contributed by atoms with van der Waals surface area (Å²) < 4.78 is 8.10. The van der Waals surface area contributed by atoms with E-state index in [0.29, 0.717) is 13.2 Å². The molecule has 3 rings (SSSR count). The van der Waals surface area contributed by atoms with Crippen molar-refractivity contribution in [2.45, 2.75) is 33.8 Å². The highest BCUT2D eigenvalue weighted by Crippen LogP contribution is 2.26. The van der Waals surface area contributed by atoms with Crippen LogP contribution in [0.4, 0.5) is 0 Å². The number of benzene rings is 2. The van der Waals surface area contributed by atoms with E-state index in [-0.39, 0.29) is 11.3 Å². The van der Waals surface area contributed by atoms with Crippen molar-refractivity contribution in [2.24, 2.45) is 12.5 Å². The predicted molar refractivity (Wildman–Crippen MR) is 110 cm³/mol. The van der Waals surface area contributed by atoms with Crippen LogP contribution in [0.5, 0.6) is 5.75 Å². The Morgan fingerprint density at radius 2 is 1.85 bits per heavy atom. The molecule has 1 amide bonds. The predicted octanol–water partition coefficient (Wildman–Crippen LogP) is 4.46. The molecule has 0 aliphatic carbocycles. The van der Waals surface area contributed by atoms with Gasteiger partial charge in [0.15, 0.2) is 0 Å². The van der Waals surface area contributed by atoms with Gasteiger partial charge in [0.25, 0.3) is 0 Å². The normalized spacial score (nSPS) is 11.6. The summed E-state index contributed by atoms with van der Waals surface area (Å²) in [5, 5.41) is 4.20. The third-order valence-corrected chi connectivity index (χ3v) is 4.65. The van der Waals surface area contributed by atoms with Crippen molar-refractivity contribution < 1.29 is 9.53 Å². The zero-order valence-electron chi connectivity index (χ0n) is 16.6. The van der Waals surface area contributed by atoms with Crippen LogP contribution in [0.25, 0.3) is 10.9 Å². The van der Waals surface area contributed by atoms with Crippen molar-refractivity contribution >= 4 is 16.8 Å². The maximum absolute atomic E-state index is 12.1. The maximum Gasteiger partial charge on any atom is 0.225 e. The van der Waals surface area contributed by atoms with E-state index in [0.717, 1.165) is 17.7 Å². The number of carbonyl (C=O) groups is 1. The molecule has 0 spiro atoms. The van der Waals surface area contributed by atoms with Crippen molar-refractivity contribution in [3.05, 3.63) is 65.9 Å². The fourth-order valence-electron chi connectivity index (χ4n) is 3.06. The van der Waals surface area contributed by atoms with Gasteiger partial charge in [-0.2, -0.15) is 0 Å². The lowest BCUT2D eigenvalue weighted by Crippen LogP contribution is -2.35. The molecule has 4 heteroatoms. The molecule has 0 saturated heterocycles. The van der Waals surface area contributed by atoms with Crippen LogP contribution in [0.1, 0.15) is 31.9 Å². The number of aromatic nitrogens is 1. The molecule has 2 aromatic carbocycles. The van der Waals surface area contributed by atoms with Gasteiger partial charge in [0.2, 0.25) is 5.91 Å². The second kappa shape index (κ2) is 7.87. The number of amides is 1. The molecule has 1 aromatic heterocycles. The summed E-state index contributed by atoms with van der Waals surface area (Å²) in [6.07, 6.45) is 2.93. The summed E-state index contributed by atoms with van der Waals surface area (Å²) in [5.74, 6) is 0.937. The van der Waals surface area contributed by atoms with Crippen LogP contribution in [0.15, 0.2) is 54.7 Å². The quantitative estimate of drug-likeness (QED) is 0.702. The zero-order chi connectivity index (χ0) is 19.4. The number of hydrogen-bond donors (Lipinski definition) is 1. The third-order valence-electron chi connectivity index (χ3n) is 4.65. The Morgan fingerprint density at radius 3 is 2.56 bits per heavy atom. The van der Waals surface area contributed by atoms with Crippen LogP contribution >= 0.6 is 0 Å². The number of aryl methyl sites for hydroxylation is 1. The first kappa shape index (κ1) is 19.0. The molecule has 0 saturated carbocycles. The van der Waals surface area contributed by atoms with E-state index >= 15 is 0 Å². The maximum atomic E-state index is 12.1. The van der Waals surface area contributed by atoms with E-state index in [2.05, 4.69) is 40.3 Å². The highest BCUT2D eigenvalue weighted by Gasteiger charge is 2.20. The lowest BCUT2D eigenvalue weighted by Gasteiger charge is -2.17. The number of carbonyl (C=O) groups excluding carboxylic acids is 1. The van der Waals surface area contributed by atoms with E-state index in [1.165, 1.54) is 16.5 Å². The van der Waals surface area contributed by atoms with Crippen molar-refractivity contribution in [1.82, 2.24) is 9.88 Å². The Hall–Kier alpha value is -2.75. The van der Waals surface area contributed by atoms with E-state index in [1.54, 1.807) is 0 Å². The largest absolute Gasteiger partial charge is 0.489 e. The Balaban J connectivity index is 1.71. The summed E-state index contributed by atoms with van der Waals surface area (Å²) in [6, 6.07) is 16.4. The van der Waals surface area contributed by atoms with Crippen molar-refractivity contribution in [2.75, 3.05) is 6.54 Å². The van der Waals surface area contributed by atoms with Gasteiger partial charge in [0.1, 0.15) is 12.4 Å².